The summed E-state index contributed by atoms with van der Waals surface area (Å²) in [6, 6.07) is 0. The van der Waals surface area contributed by atoms with Crippen LogP contribution >= 0.6 is 11.3 Å². The number of ether oxygens (including phenoxy) is 1. The second-order valence-electron chi connectivity index (χ2n) is 8.99. The van der Waals surface area contributed by atoms with Crippen molar-refractivity contribution >= 4 is 34.2 Å². The van der Waals surface area contributed by atoms with Crippen molar-refractivity contribution in [3.8, 4) is 0 Å². The van der Waals surface area contributed by atoms with Gasteiger partial charge in [-0.15, -0.1) is 11.3 Å². The summed E-state index contributed by atoms with van der Waals surface area (Å²) >= 11 is 1.43. The number of allylic oxidation sites excluding steroid dienone is 2. The van der Waals surface area contributed by atoms with Crippen LogP contribution in [0.3, 0.4) is 0 Å². The van der Waals surface area contributed by atoms with E-state index >= 15 is 0 Å². The van der Waals surface area contributed by atoms with E-state index in [-0.39, 0.29) is 11.3 Å². The maximum Gasteiger partial charge on any atom is 0.341 e. The number of carboxylic acid groups (broad SMARTS) is 1. The highest BCUT2D eigenvalue weighted by molar-refractivity contribution is 7.17. The first-order valence-electron chi connectivity index (χ1n) is 10.0. The number of amides is 1. The SMILES string of the molecule is COC(=O)c1c(NC(=O)C2CC=CCC2C(=O)O)sc2c1CCC(C(C)(C)C)C2. The Morgan fingerprint density at radius 1 is 1.17 bits per heavy atom. The zero-order chi connectivity index (χ0) is 21.3. The van der Waals surface area contributed by atoms with Gasteiger partial charge in [-0.3, -0.25) is 9.59 Å². The van der Waals surface area contributed by atoms with Crippen LogP contribution in [0.15, 0.2) is 12.2 Å². The van der Waals surface area contributed by atoms with Gasteiger partial charge in [0.05, 0.1) is 24.5 Å². The molecule has 0 radical (unpaired) electrons. The number of thiophene rings is 1. The lowest BCUT2D eigenvalue weighted by molar-refractivity contribution is -0.146. The molecule has 1 heterocycles. The number of carbonyl (C=O) groups is 3. The summed E-state index contributed by atoms with van der Waals surface area (Å²) in [5.74, 6) is -2.67. The first kappa shape index (κ1) is 21.6. The second-order valence-corrected chi connectivity index (χ2v) is 10.1. The van der Waals surface area contributed by atoms with Crippen LogP contribution in [-0.2, 0) is 27.2 Å². The average Bonchev–Trinajstić information content (AvgIpc) is 3.03. The van der Waals surface area contributed by atoms with Crippen LogP contribution in [0, 0.1) is 23.2 Å². The van der Waals surface area contributed by atoms with Gasteiger partial charge in [0.2, 0.25) is 5.91 Å². The van der Waals surface area contributed by atoms with E-state index in [1.807, 2.05) is 6.08 Å². The van der Waals surface area contributed by atoms with Crippen molar-refractivity contribution in [3.63, 3.8) is 0 Å². The van der Waals surface area contributed by atoms with Gasteiger partial charge in [-0.25, -0.2) is 4.79 Å². The molecule has 3 atom stereocenters. The van der Waals surface area contributed by atoms with E-state index < -0.39 is 23.8 Å². The highest BCUT2D eigenvalue weighted by atomic mass is 32.1. The van der Waals surface area contributed by atoms with E-state index in [9.17, 15) is 19.5 Å². The van der Waals surface area contributed by atoms with Gasteiger partial charge in [-0.1, -0.05) is 32.9 Å². The summed E-state index contributed by atoms with van der Waals surface area (Å²) in [6.07, 6.45) is 7.00. The minimum absolute atomic E-state index is 0.166. The van der Waals surface area contributed by atoms with Crippen LogP contribution in [0.25, 0.3) is 0 Å². The molecule has 29 heavy (non-hydrogen) atoms. The van der Waals surface area contributed by atoms with E-state index in [0.29, 0.717) is 29.3 Å². The monoisotopic (exact) mass is 419 g/mol. The van der Waals surface area contributed by atoms with Gasteiger partial charge in [-0.2, -0.15) is 0 Å². The Morgan fingerprint density at radius 3 is 2.41 bits per heavy atom. The number of methoxy groups -OCH3 is 1. The topological polar surface area (TPSA) is 92.7 Å². The zero-order valence-corrected chi connectivity index (χ0v) is 18.2. The fourth-order valence-electron chi connectivity index (χ4n) is 4.31. The van der Waals surface area contributed by atoms with Crippen LogP contribution in [0.4, 0.5) is 5.00 Å². The average molecular weight is 420 g/mol. The molecule has 0 saturated carbocycles. The number of carboxylic acids is 1. The molecule has 0 spiro atoms. The fraction of sp³-hybridized carbons (Fsp3) is 0.591. The van der Waals surface area contributed by atoms with Crippen molar-refractivity contribution in [2.24, 2.45) is 23.2 Å². The molecule has 2 aliphatic carbocycles. The molecule has 1 aromatic heterocycles. The van der Waals surface area contributed by atoms with E-state index in [2.05, 4.69) is 26.1 Å². The molecule has 0 fully saturated rings. The summed E-state index contributed by atoms with van der Waals surface area (Å²) < 4.78 is 4.99. The molecule has 2 aliphatic rings. The molecule has 0 aliphatic heterocycles. The molecule has 0 saturated heterocycles. The number of rotatable bonds is 4. The molecular formula is C22H29NO5S. The number of esters is 1. The normalized spacial score (nSPS) is 23.9. The Labute approximate surface area is 175 Å². The fourth-order valence-corrected chi connectivity index (χ4v) is 5.63. The van der Waals surface area contributed by atoms with E-state index in [0.717, 1.165) is 29.7 Å². The Morgan fingerprint density at radius 2 is 1.83 bits per heavy atom. The summed E-state index contributed by atoms with van der Waals surface area (Å²) in [7, 11) is 1.34. The Balaban J connectivity index is 1.90. The third kappa shape index (κ3) is 4.39. The molecular weight excluding hydrogens is 390 g/mol. The van der Waals surface area contributed by atoms with Crippen LogP contribution in [0.2, 0.25) is 0 Å². The summed E-state index contributed by atoms with van der Waals surface area (Å²) in [5.41, 5.74) is 1.57. The summed E-state index contributed by atoms with van der Waals surface area (Å²) in [5, 5.41) is 12.8. The minimum Gasteiger partial charge on any atom is -0.481 e. The molecule has 3 unspecified atom stereocenters. The highest BCUT2D eigenvalue weighted by Crippen LogP contribution is 2.44. The first-order chi connectivity index (χ1) is 13.6. The lowest BCUT2D eigenvalue weighted by Gasteiger charge is -2.33. The highest BCUT2D eigenvalue weighted by Gasteiger charge is 2.37. The number of hydrogen-bond donors (Lipinski definition) is 2. The van der Waals surface area contributed by atoms with Crippen molar-refractivity contribution in [1.29, 1.82) is 0 Å². The van der Waals surface area contributed by atoms with Gasteiger partial charge in [-0.05, 0) is 49.0 Å². The Kier molecular flexibility index (Phi) is 6.17. The smallest absolute Gasteiger partial charge is 0.341 e. The largest absolute Gasteiger partial charge is 0.481 e. The quantitative estimate of drug-likeness (QED) is 0.561. The number of hydrogen-bond acceptors (Lipinski definition) is 5. The number of nitrogens with one attached hydrogen (secondary N) is 1. The molecule has 1 aromatic rings. The lowest BCUT2D eigenvalue weighted by atomic mass is 9.72. The van der Waals surface area contributed by atoms with Crippen LogP contribution in [0.5, 0.6) is 0 Å². The van der Waals surface area contributed by atoms with E-state index in [4.69, 9.17) is 4.74 Å². The van der Waals surface area contributed by atoms with E-state index in [1.54, 1.807) is 6.08 Å². The number of carbonyl (C=O) groups excluding carboxylic acids is 2. The molecule has 1 amide bonds. The maximum absolute atomic E-state index is 12.9. The predicted octanol–water partition coefficient (Wildman–Crippen LogP) is 4.29. The molecule has 2 N–H and O–H groups in total. The van der Waals surface area contributed by atoms with Gasteiger partial charge in [0.15, 0.2) is 0 Å². The first-order valence-corrected chi connectivity index (χ1v) is 10.9. The molecule has 3 rings (SSSR count). The van der Waals surface area contributed by atoms with Crippen LogP contribution in [0.1, 0.15) is 60.8 Å². The van der Waals surface area contributed by atoms with Gasteiger partial charge in [0.1, 0.15) is 5.00 Å². The number of fused-ring (bicyclic) bond motifs is 1. The van der Waals surface area contributed by atoms with E-state index in [1.165, 1.54) is 18.4 Å². The molecule has 6 nitrogen and oxygen atoms in total. The predicted molar refractivity (Wildman–Crippen MR) is 112 cm³/mol. The Hall–Kier alpha value is -2.15. The number of anilines is 1. The van der Waals surface area contributed by atoms with Crippen molar-refractivity contribution in [2.45, 2.75) is 52.9 Å². The minimum atomic E-state index is -0.971. The van der Waals surface area contributed by atoms with Crippen LogP contribution in [-0.4, -0.2) is 30.1 Å². The second kappa shape index (κ2) is 8.30. The third-order valence-corrected chi connectivity index (χ3v) is 7.37. The molecule has 7 heteroatoms. The van der Waals surface area contributed by atoms with Gasteiger partial charge in [0, 0.05) is 4.88 Å². The van der Waals surface area contributed by atoms with Crippen molar-refractivity contribution in [1.82, 2.24) is 0 Å². The summed E-state index contributed by atoms with van der Waals surface area (Å²) in [6.45, 7) is 6.68. The van der Waals surface area contributed by atoms with Gasteiger partial charge >= 0.3 is 11.9 Å². The lowest BCUT2D eigenvalue weighted by Crippen LogP contribution is -2.34. The van der Waals surface area contributed by atoms with Gasteiger partial charge < -0.3 is 15.2 Å². The molecule has 0 bridgehead atoms. The number of aliphatic carboxylic acids is 1. The third-order valence-electron chi connectivity index (χ3n) is 6.20. The van der Waals surface area contributed by atoms with Crippen molar-refractivity contribution < 1.29 is 24.2 Å². The zero-order valence-electron chi connectivity index (χ0n) is 17.4. The van der Waals surface area contributed by atoms with Crippen LogP contribution < -0.4 is 5.32 Å². The Bertz CT molecular complexity index is 848. The van der Waals surface area contributed by atoms with Crippen molar-refractivity contribution in [2.75, 3.05) is 12.4 Å². The molecule has 0 aromatic carbocycles. The summed E-state index contributed by atoms with van der Waals surface area (Å²) in [4.78, 5) is 38.1. The van der Waals surface area contributed by atoms with Crippen molar-refractivity contribution in [3.05, 3.63) is 28.2 Å². The van der Waals surface area contributed by atoms with Gasteiger partial charge in [0.25, 0.3) is 0 Å². The standard InChI is InChI=1S/C22H29NO5S/c1-22(2,3)12-9-10-15-16(11-12)29-19(17(15)21(27)28-4)23-18(24)13-7-5-6-8-14(13)20(25)26/h5-6,12-14H,7-11H2,1-4H3,(H,23,24)(H,25,26). The molecule has 158 valence electrons. The maximum atomic E-state index is 12.9.